The largest absolute Gasteiger partial charge is 0.192 e. The molecular formula is C28H33N. The molecule has 0 aliphatic heterocycles. The maximum absolute atomic E-state index is 9.40. The van der Waals surface area contributed by atoms with Gasteiger partial charge in [-0.3, -0.25) is 0 Å². The number of nitriles is 1. The summed E-state index contributed by atoms with van der Waals surface area (Å²) in [6.45, 7) is 14.2. The fraction of sp³-hybridized carbons (Fsp3) is 0.286. The van der Waals surface area contributed by atoms with E-state index in [4.69, 9.17) is 6.42 Å². The van der Waals surface area contributed by atoms with Crippen molar-refractivity contribution in [1.82, 2.24) is 0 Å². The highest BCUT2D eigenvalue weighted by Crippen LogP contribution is 2.20. The number of rotatable bonds is 5. The number of hydrogen-bond donors (Lipinski definition) is 0. The number of terminal acetylenes is 1. The highest BCUT2D eigenvalue weighted by molar-refractivity contribution is 5.50. The third-order valence-electron chi connectivity index (χ3n) is 3.95. The zero-order valence-electron chi connectivity index (χ0n) is 18.9. The van der Waals surface area contributed by atoms with Crippen molar-refractivity contribution in [1.29, 1.82) is 5.26 Å². The SMILES string of the molecule is C#CC(=C\C=C=C/C(C#N)=C/C1=CCC=C(C)C=C1C)/C(C)=C/C=C(C)C.CC. The zero-order valence-corrected chi connectivity index (χ0v) is 18.9. The fourth-order valence-corrected chi connectivity index (χ4v) is 2.41. The Hall–Kier alpha value is -3.25. The second-order valence-electron chi connectivity index (χ2n) is 6.68. The maximum Gasteiger partial charge on any atom is 0.0998 e. The van der Waals surface area contributed by atoms with Gasteiger partial charge in [-0.05, 0) is 82.1 Å². The first-order chi connectivity index (χ1) is 13.9. The number of allylic oxidation sites excluding steroid dienone is 15. The van der Waals surface area contributed by atoms with E-state index in [0.29, 0.717) is 5.57 Å². The highest BCUT2D eigenvalue weighted by atomic mass is 14.2. The highest BCUT2D eigenvalue weighted by Gasteiger charge is 2.02. The van der Waals surface area contributed by atoms with Crippen LogP contribution in [0, 0.1) is 23.7 Å². The molecule has 0 heterocycles. The standard InChI is InChI=1S/C26H27N.C2H6/c1-7-25(22(5)16-15-20(2)3)13-9-8-12-24(19-27)18-26-14-10-11-21(4)17-23(26)6;1-2/h1,9,11-18H,10H2,2-6H3;1-2H3/b22-16+,24-18-,25-13+;. The molecule has 29 heavy (non-hydrogen) atoms. The molecule has 0 bridgehead atoms. The monoisotopic (exact) mass is 383 g/mol. The van der Waals surface area contributed by atoms with E-state index in [1.807, 2.05) is 58.9 Å². The molecule has 0 amide bonds. The Kier molecular flexibility index (Phi) is 13.1. The summed E-state index contributed by atoms with van der Waals surface area (Å²) < 4.78 is 0. The lowest BCUT2D eigenvalue weighted by atomic mass is 10.0. The van der Waals surface area contributed by atoms with Crippen LogP contribution in [0.1, 0.15) is 54.9 Å². The van der Waals surface area contributed by atoms with Gasteiger partial charge in [0, 0.05) is 5.57 Å². The molecule has 0 saturated heterocycles. The van der Waals surface area contributed by atoms with Crippen LogP contribution in [0.3, 0.4) is 0 Å². The smallest absolute Gasteiger partial charge is 0.0998 e. The first-order valence-electron chi connectivity index (χ1n) is 9.96. The van der Waals surface area contributed by atoms with Crippen molar-refractivity contribution in [3.05, 3.63) is 99.4 Å². The second-order valence-corrected chi connectivity index (χ2v) is 6.68. The van der Waals surface area contributed by atoms with Crippen molar-refractivity contribution < 1.29 is 0 Å². The van der Waals surface area contributed by atoms with Crippen molar-refractivity contribution in [2.24, 2.45) is 0 Å². The summed E-state index contributed by atoms with van der Waals surface area (Å²) in [6, 6.07) is 2.22. The first kappa shape index (κ1) is 25.8. The van der Waals surface area contributed by atoms with Gasteiger partial charge in [0.25, 0.3) is 0 Å². The average Bonchev–Trinajstić information content (AvgIpc) is 2.86. The number of hydrogen-bond acceptors (Lipinski definition) is 1. The van der Waals surface area contributed by atoms with E-state index in [-0.39, 0.29) is 0 Å². The molecule has 0 aromatic heterocycles. The molecule has 1 aliphatic carbocycles. The third-order valence-corrected chi connectivity index (χ3v) is 3.95. The molecule has 0 fully saturated rings. The normalized spacial score (nSPS) is 14.2. The van der Waals surface area contributed by atoms with Gasteiger partial charge in [-0.15, -0.1) is 12.2 Å². The molecule has 1 nitrogen and oxygen atoms in total. The minimum Gasteiger partial charge on any atom is -0.192 e. The van der Waals surface area contributed by atoms with Gasteiger partial charge < -0.3 is 0 Å². The van der Waals surface area contributed by atoms with E-state index in [1.165, 1.54) is 11.1 Å². The third kappa shape index (κ3) is 10.6. The van der Waals surface area contributed by atoms with Crippen LogP contribution in [0.15, 0.2) is 99.4 Å². The van der Waals surface area contributed by atoms with Crippen LogP contribution in [0.2, 0.25) is 0 Å². The summed E-state index contributed by atoms with van der Waals surface area (Å²) in [5.74, 6) is 2.69. The van der Waals surface area contributed by atoms with Crippen molar-refractivity contribution in [2.75, 3.05) is 0 Å². The molecule has 0 radical (unpaired) electrons. The Balaban J connectivity index is 0.00000379. The molecule has 1 rings (SSSR count). The van der Waals surface area contributed by atoms with E-state index >= 15 is 0 Å². The first-order valence-corrected chi connectivity index (χ1v) is 9.96. The Morgan fingerprint density at radius 3 is 2.34 bits per heavy atom. The zero-order chi connectivity index (χ0) is 22.2. The molecule has 1 heteroatoms. The Labute approximate surface area is 178 Å². The van der Waals surface area contributed by atoms with Gasteiger partial charge in [0.15, 0.2) is 0 Å². The van der Waals surface area contributed by atoms with E-state index in [1.54, 1.807) is 12.2 Å². The molecule has 1 aliphatic rings. The Bertz CT molecular complexity index is 925. The van der Waals surface area contributed by atoms with Gasteiger partial charge in [0.1, 0.15) is 0 Å². The van der Waals surface area contributed by atoms with Gasteiger partial charge in [-0.25, -0.2) is 0 Å². The lowest BCUT2D eigenvalue weighted by molar-refractivity contribution is 1.33. The Morgan fingerprint density at radius 1 is 1.07 bits per heavy atom. The molecule has 0 saturated carbocycles. The summed E-state index contributed by atoms with van der Waals surface area (Å²) >= 11 is 0. The van der Waals surface area contributed by atoms with Crippen molar-refractivity contribution in [3.8, 4) is 18.4 Å². The van der Waals surface area contributed by atoms with Crippen molar-refractivity contribution >= 4 is 0 Å². The molecule has 150 valence electrons. The summed E-state index contributed by atoms with van der Waals surface area (Å²) in [7, 11) is 0. The predicted octanol–water partition coefficient (Wildman–Crippen LogP) is 7.87. The van der Waals surface area contributed by atoms with Crippen LogP contribution >= 0.6 is 0 Å². The summed E-state index contributed by atoms with van der Waals surface area (Å²) in [5, 5.41) is 9.40. The quantitative estimate of drug-likeness (QED) is 0.205. The topological polar surface area (TPSA) is 23.8 Å². The minimum absolute atomic E-state index is 0.553. The molecule has 0 N–H and O–H groups in total. The van der Waals surface area contributed by atoms with Gasteiger partial charge in [0.2, 0.25) is 0 Å². The van der Waals surface area contributed by atoms with Gasteiger partial charge in [-0.2, -0.15) is 5.26 Å². The molecular weight excluding hydrogens is 350 g/mol. The van der Waals surface area contributed by atoms with Crippen LogP contribution in [-0.2, 0) is 0 Å². The molecule has 0 atom stereocenters. The second kappa shape index (κ2) is 14.8. The summed E-state index contributed by atoms with van der Waals surface area (Å²) in [6.07, 6.45) is 24.1. The van der Waals surface area contributed by atoms with Crippen LogP contribution < -0.4 is 0 Å². The van der Waals surface area contributed by atoms with Crippen molar-refractivity contribution in [3.63, 3.8) is 0 Å². The summed E-state index contributed by atoms with van der Waals surface area (Å²) in [4.78, 5) is 0. The molecule has 0 aromatic rings. The van der Waals surface area contributed by atoms with E-state index in [9.17, 15) is 5.26 Å². The molecule has 0 unspecified atom stereocenters. The molecule has 0 aromatic carbocycles. The maximum atomic E-state index is 9.40. The van der Waals surface area contributed by atoms with Crippen LogP contribution in [0.25, 0.3) is 0 Å². The van der Waals surface area contributed by atoms with Crippen LogP contribution in [0.4, 0.5) is 0 Å². The fourth-order valence-electron chi connectivity index (χ4n) is 2.41. The minimum atomic E-state index is 0.553. The van der Waals surface area contributed by atoms with E-state index < -0.39 is 0 Å². The van der Waals surface area contributed by atoms with E-state index in [0.717, 1.165) is 28.7 Å². The molecule has 0 spiro atoms. The van der Waals surface area contributed by atoms with Gasteiger partial charge >= 0.3 is 0 Å². The summed E-state index contributed by atoms with van der Waals surface area (Å²) in [5.41, 5.74) is 10.1. The lowest BCUT2D eigenvalue weighted by Crippen LogP contribution is -1.83. The average molecular weight is 384 g/mol. The van der Waals surface area contributed by atoms with Gasteiger partial charge in [-0.1, -0.05) is 61.3 Å². The lowest BCUT2D eigenvalue weighted by Gasteiger charge is -2.01. The predicted molar refractivity (Wildman–Crippen MR) is 128 cm³/mol. The van der Waals surface area contributed by atoms with Crippen LogP contribution in [-0.4, -0.2) is 0 Å². The Morgan fingerprint density at radius 2 is 1.76 bits per heavy atom. The van der Waals surface area contributed by atoms with Crippen molar-refractivity contribution in [2.45, 2.75) is 54.9 Å². The number of nitrogens with zero attached hydrogens (tertiary/aromatic N) is 1. The van der Waals surface area contributed by atoms with Gasteiger partial charge in [0.05, 0.1) is 11.6 Å². The van der Waals surface area contributed by atoms with Crippen LogP contribution in [0.5, 0.6) is 0 Å². The van der Waals surface area contributed by atoms with E-state index in [2.05, 4.69) is 49.8 Å².